The van der Waals surface area contributed by atoms with Gasteiger partial charge in [-0.15, -0.1) is 0 Å². The maximum atomic E-state index is 13.1. The second-order valence-electron chi connectivity index (χ2n) is 4.38. The largest absolute Gasteiger partial charge is 0.399 e. The average Bonchev–Trinajstić information content (AvgIpc) is 2.41. The Morgan fingerprint density at radius 2 is 1.90 bits per heavy atom. The van der Waals surface area contributed by atoms with Crippen LogP contribution >= 0.6 is 15.9 Å². The van der Waals surface area contributed by atoms with Crippen LogP contribution in [0.4, 0.5) is 21.5 Å². The van der Waals surface area contributed by atoms with E-state index in [2.05, 4.69) is 26.2 Å². The number of nitrogen functional groups attached to an aromatic ring is 1. The van der Waals surface area contributed by atoms with Gasteiger partial charge in [0, 0.05) is 27.4 Å². The minimum absolute atomic E-state index is 0.283. The van der Waals surface area contributed by atoms with Gasteiger partial charge >= 0.3 is 0 Å². The molecule has 2 aromatic carbocycles. The van der Waals surface area contributed by atoms with Gasteiger partial charge in [0.15, 0.2) is 0 Å². The molecule has 100 valence electrons. The highest BCUT2D eigenvalue weighted by atomic mass is 79.9. The van der Waals surface area contributed by atoms with Crippen molar-refractivity contribution in [3.05, 3.63) is 59.0 Å². The molecule has 0 aliphatic heterocycles. The van der Waals surface area contributed by atoms with Gasteiger partial charge in [0.25, 0.3) is 0 Å². The van der Waals surface area contributed by atoms with Crippen LogP contribution in [0.3, 0.4) is 0 Å². The fourth-order valence-corrected chi connectivity index (χ4v) is 2.46. The Morgan fingerprint density at radius 3 is 2.70 bits per heavy atom. The molecule has 0 aliphatic carbocycles. The minimum atomic E-state index is -0.283. The number of pyridine rings is 1. The van der Waals surface area contributed by atoms with Crippen LogP contribution in [-0.2, 0) is 0 Å². The summed E-state index contributed by atoms with van der Waals surface area (Å²) in [5.74, 6) is -0.283. The van der Waals surface area contributed by atoms with Crippen molar-refractivity contribution in [2.24, 2.45) is 0 Å². The summed E-state index contributed by atoms with van der Waals surface area (Å²) < 4.78 is 13.8. The van der Waals surface area contributed by atoms with E-state index < -0.39 is 0 Å². The lowest BCUT2D eigenvalue weighted by Crippen LogP contribution is -1.95. The normalized spacial score (nSPS) is 10.7. The molecule has 0 atom stereocenters. The topological polar surface area (TPSA) is 50.9 Å². The molecule has 20 heavy (non-hydrogen) atoms. The molecule has 1 aromatic heterocycles. The zero-order valence-electron chi connectivity index (χ0n) is 10.4. The molecular formula is C15H11BrFN3. The van der Waals surface area contributed by atoms with Crippen molar-refractivity contribution in [1.29, 1.82) is 0 Å². The van der Waals surface area contributed by atoms with Gasteiger partial charge < -0.3 is 11.1 Å². The molecule has 0 saturated heterocycles. The maximum absolute atomic E-state index is 13.1. The third kappa shape index (κ3) is 2.44. The van der Waals surface area contributed by atoms with Crippen LogP contribution in [0.15, 0.2) is 53.1 Å². The lowest BCUT2D eigenvalue weighted by atomic mass is 10.1. The summed E-state index contributed by atoms with van der Waals surface area (Å²) in [4.78, 5) is 4.29. The summed E-state index contributed by atoms with van der Waals surface area (Å²) in [6.45, 7) is 0. The Kier molecular flexibility index (Phi) is 3.28. The number of rotatable bonds is 2. The highest BCUT2D eigenvalue weighted by Crippen LogP contribution is 2.30. The van der Waals surface area contributed by atoms with Crippen molar-refractivity contribution in [2.75, 3.05) is 11.1 Å². The van der Waals surface area contributed by atoms with Crippen LogP contribution in [-0.4, -0.2) is 4.98 Å². The van der Waals surface area contributed by atoms with E-state index in [-0.39, 0.29) is 5.82 Å². The van der Waals surface area contributed by atoms with Gasteiger partial charge in [-0.1, -0.05) is 0 Å². The van der Waals surface area contributed by atoms with E-state index in [1.807, 2.05) is 24.3 Å². The SMILES string of the molecule is Nc1ccc2c(Nc3ccc(F)cc3Br)ccnc2c1. The summed E-state index contributed by atoms with van der Waals surface area (Å²) >= 11 is 3.34. The molecule has 0 aliphatic rings. The van der Waals surface area contributed by atoms with Crippen LogP contribution in [0, 0.1) is 5.82 Å². The number of anilines is 3. The fraction of sp³-hybridized carbons (Fsp3) is 0. The van der Waals surface area contributed by atoms with E-state index in [4.69, 9.17) is 5.73 Å². The van der Waals surface area contributed by atoms with Crippen molar-refractivity contribution in [3.8, 4) is 0 Å². The third-order valence-corrected chi connectivity index (χ3v) is 3.62. The third-order valence-electron chi connectivity index (χ3n) is 2.97. The Hall–Kier alpha value is -2.14. The van der Waals surface area contributed by atoms with Crippen LogP contribution < -0.4 is 11.1 Å². The molecular weight excluding hydrogens is 321 g/mol. The summed E-state index contributed by atoms with van der Waals surface area (Å²) in [6, 6.07) is 11.9. The predicted octanol–water partition coefficient (Wildman–Crippen LogP) is 4.46. The van der Waals surface area contributed by atoms with Gasteiger partial charge in [-0.05, 0) is 58.4 Å². The molecule has 0 fully saturated rings. The van der Waals surface area contributed by atoms with Crippen LogP contribution in [0.2, 0.25) is 0 Å². The van der Waals surface area contributed by atoms with Gasteiger partial charge in [-0.25, -0.2) is 4.39 Å². The molecule has 0 amide bonds. The van der Waals surface area contributed by atoms with Gasteiger partial charge in [-0.3, -0.25) is 4.98 Å². The second-order valence-corrected chi connectivity index (χ2v) is 5.24. The first-order valence-electron chi connectivity index (χ1n) is 6.00. The number of hydrogen-bond acceptors (Lipinski definition) is 3. The molecule has 1 heterocycles. The van der Waals surface area contributed by atoms with Crippen LogP contribution in [0.1, 0.15) is 0 Å². The Morgan fingerprint density at radius 1 is 1.05 bits per heavy atom. The molecule has 5 heteroatoms. The summed E-state index contributed by atoms with van der Waals surface area (Å²) in [6.07, 6.45) is 1.71. The summed E-state index contributed by atoms with van der Waals surface area (Å²) in [5, 5.41) is 4.22. The molecule has 3 aromatic rings. The van der Waals surface area contributed by atoms with E-state index in [1.165, 1.54) is 12.1 Å². The highest BCUT2D eigenvalue weighted by molar-refractivity contribution is 9.10. The molecule has 0 spiro atoms. The predicted molar refractivity (Wildman–Crippen MR) is 83.5 cm³/mol. The smallest absolute Gasteiger partial charge is 0.124 e. The highest BCUT2D eigenvalue weighted by Gasteiger charge is 2.06. The van der Waals surface area contributed by atoms with Crippen molar-refractivity contribution in [3.63, 3.8) is 0 Å². The number of nitrogens with zero attached hydrogens (tertiary/aromatic N) is 1. The van der Waals surface area contributed by atoms with E-state index in [9.17, 15) is 4.39 Å². The van der Waals surface area contributed by atoms with Crippen LogP contribution in [0.5, 0.6) is 0 Å². The first kappa shape index (κ1) is 12.9. The van der Waals surface area contributed by atoms with Crippen molar-refractivity contribution < 1.29 is 4.39 Å². The number of hydrogen-bond donors (Lipinski definition) is 2. The quantitative estimate of drug-likeness (QED) is 0.681. The number of fused-ring (bicyclic) bond motifs is 1. The number of benzene rings is 2. The summed E-state index contributed by atoms with van der Waals surface area (Å²) in [5.41, 5.74) is 8.92. The fourth-order valence-electron chi connectivity index (χ4n) is 2.01. The summed E-state index contributed by atoms with van der Waals surface area (Å²) in [7, 11) is 0. The monoisotopic (exact) mass is 331 g/mol. The molecule has 0 saturated carbocycles. The average molecular weight is 332 g/mol. The van der Waals surface area contributed by atoms with Gasteiger partial charge in [0.05, 0.1) is 11.2 Å². The zero-order chi connectivity index (χ0) is 14.1. The number of nitrogens with one attached hydrogen (secondary N) is 1. The molecule has 3 N–H and O–H groups in total. The minimum Gasteiger partial charge on any atom is -0.399 e. The molecule has 0 unspecified atom stereocenters. The van der Waals surface area contributed by atoms with Crippen molar-refractivity contribution in [1.82, 2.24) is 4.98 Å². The Bertz CT molecular complexity index is 789. The molecule has 0 bridgehead atoms. The zero-order valence-corrected chi connectivity index (χ0v) is 12.0. The van der Waals surface area contributed by atoms with Gasteiger partial charge in [0.1, 0.15) is 5.82 Å². The molecule has 3 nitrogen and oxygen atoms in total. The van der Waals surface area contributed by atoms with Crippen LogP contribution in [0.25, 0.3) is 10.9 Å². The first-order chi connectivity index (χ1) is 9.63. The first-order valence-corrected chi connectivity index (χ1v) is 6.79. The molecule has 0 radical (unpaired) electrons. The van der Waals surface area contributed by atoms with E-state index >= 15 is 0 Å². The Labute approximate surface area is 123 Å². The van der Waals surface area contributed by atoms with Crippen molar-refractivity contribution >= 4 is 43.9 Å². The number of halogens is 2. The van der Waals surface area contributed by atoms with Gasteiger partial charge in [0.2, 0.25) is 0 Å². The lowest BCUT2D eigenvalue weighted by molar-refractivity contribution is 0.627. The molecule has 3 rings (SSSR count). The second kappa shape index (κ2) is 5.09. The van der Waals surface area contributed by atoms with Gasteiger partial charge in [-0.2, -0.15) is 0 Å². The standard InChI is InChI=1S/C15H11BrFN3/c16-12-7-9(17)1-4-14(12)20-13-5-6-19-15-8-10(18)2-3-11(13)15/h1-8H,18H2,(H,19,20). The van der Waals surface area contributed by atoms with Crippen molar-refractivity contribution in [2.45, 2.75) is 0 Å². The Balaban J connectivity index is 2.06. The van der Waals surface area contributed by atoms with E-state index in [0.29, 0.717) is 10.2 Å². The number of aromatic nitrogens is 1. The number of nitrogens with two attached hydrogens (primary N) is 1. The maximum Gasteiger partial charge on any atom is 0.124 e. The van der Waals surface area contributed by atoms with E-state index in [0.717, 1.165) is 22.3 Å². The lowest BCUT2D eigenvalue weighted by Gasteiger charge is -2.11. The van der Waals surface area contributed by atoms with E-state index in [1.54, 1.807) is 12.3 Å².